The molecular weight excluding hydrogens is 353 g/mol. The van der Waals surface area contributed by atoms with E-state index in [2.05, 4.69) is 0 Å². The largest absolute Gasteiger partial charge is 0.467 e. The molecule has 0 aliphatic carbocycles. The van der Waals surface area contributed by atoms with Crippen molar-refractivity contribution < 1.29 is 32.6 Å². The van der Waals surface area contributed by atoms with E-state index in [1.165, 1.54) is 24.1 Å². The van der Waals surface area contributed by atoms with Crippen molar-refractivity contribution in [1.29, 1.82) is 0 Å². The van der Waals surface area contributed by atoms with E-state index < -0.39 is 23.8 Å². The Kier molecular flexibility index (Phi) is 6.47. The van der Waals surface area contributed by atoms with Crippen LogP contribution in [0.4, 0.5) is 18.9 Å². The number of carbonyl (C=O) groups is 2. The molecule has 6 nitrogen and oxygen atoms in total. The molecule has 1 aliphatic rings. The second-order valence-corrected chi connectivity index (χ2v) is 5.92. The summed E-state index contributed by atoms with van der Waals surface area (Å²) in [5.74, 6) is -0.862. The molecule has 1 N–H and O–H groups in total. The Bertz CT molecular complexity index is 634. The molecule has 0 aromatic heterocycles. The van der Waals surface area contributed by atoms with Crippen LogP contribution < -0.4 is 4.90 Å². The van der Waals surface area contributed by atoms with Crippen LogP contribution in [0.5, 0.6) is 0 Å². The average molecular weight is 374 g/mol. The third-order valence-electron chi connectivity index (χ3n) is 4.34. The summed E-state index contributed by atoms with van der Waals surface area (Å²) >= 11 is 0. The molecule has 1 aromatic rings. The highest BCUT2D eigenvalue weighted by molar-refractivity contribution is 5.85. The minimum Gasteiger partial charge on any atom is -0.467 e. The lowest BCUT2D eigenvalue weighted by Gasteiger charge is -2.29. The Hall–Kier alpha value is -2.29. The van der Waals surface area contributed by atoms with Crippen LogP contribution in [0.1, 0.15) is 18.4 Å². The number of anilines is 1. The van der Waals surface area contributed by atoms with Gasteiger partial charge in [0.05, 0.1) is 12.7 Å². The van der Waals surface area contributed by atoms with Gasteiger partial charge < -0.3 is 19.6 Å². The van der Waals surface area contributed by atoms with Crippen LogP contribution in [0, 0.1) is 0 Å². The molecule has 1 aromatic carbocycles. The number of amides is 1. The summed E-state index contributed by atoms with van der Waals surface area (Å²) in [6.07, 6.45) is -4.22. The highest BCUT2D eigenvalue weighted by atomic mass is 19.4. The van der Waals surface area contributed by atoms with Crippen LogP contribution in [-0.2, 0) is 20.5 Å². The first-order valence-corrected chi connectivity index (χ1v) is 8.18. The molecule has 144 valence electrons. The SMILES string of the molecule is COC(=O)C(CCO)N1CCN(c2ccc(C(F)(F)F)cc2)CCC1=O. The predicted octanol–water partition coefficient (Wildman–Crippen LogP) is 1.67. The highest BCUT2D eigenvalue weighted by Gasteiger charge is 2.33. The molecule has 1 aliphatic heterocycles. The van der Waals surface area contributed by atoms with Gasteiger partial charge in [-0.05, 0) is 24.3 Å². The van der Waals surface area contributed by atoms with Crippen LogP contribution >= 0.6 is 0 Å². The van der Waals surface area contributed by atoms with Crippen molar-refractivity contribution in [2.24, 2.45) is 0 Å². The Labute approximate surface area is 149 Å². The molecule has 1 unspecified atom stereocenters. The van der Waals surface area contributed by atoms with E-state index in [0.717, 1.165) is 12.1 Å². The summed E-state index contributed by atoms with van der Waals surface area (Å²) in [6, 6.07) is 3.87. The Morgan fingerprint density at radius 2 is 1.88 bits per heavy atom. The van der Waals surface area contributed by atoms with Crippen molar-refractivity contribution in [3.05, 3.63) is 29.8 Å². The molecule has 1 amide bonds. The van der Waals surface area contributed by atoms with Crippen LogP contribution in [0.2, 0.25) is 0 Å². The monoisotopic (exact) mass is 374 g/mol. The normalized spacial score (nSPS) is 17.0. The topological polar surface area (TPSA) is 70.1 Å². The number of halogens is 3. The van der Waals surface area contributed by atoms with Gasteiger partial charge in [0.1, 0.15) is 6.04 Å². The molecule has 0 bridgehead atoms. The molecule has 0 saturated carbocycles. The molecule has 0 spiro atoms. The molecule has 1 atom stereocenters. The van der Waals surface area contributed by atoms with E-state index in [0.29, 0.717) is 18.8 Å². The molecule has 1 fully saturated rings. The van der Waals surface area contributed by atoms with Gasteiger partial charge in [-0.2, -0.15) is 13.2 Å². The first kappa shape index (κ1) is 20.0. The molecular formula is C17H21F3N2O4. The Morgan fingerprint density at radius 1 is 1.23 bits per heavy atom. The standard InChI is InChI=1S/C17H21F3N2O4/c1-26-16(25)14(7-11-23)22-10-9-21(8-6-15(22)24)13-4-2-12(3-5-13)17(18,19)20/h2-5,14,23H,6-11H2,1H3. The van der Waals surface area contributed by atoms with Gasteiger partial charge in [-0.25, -0.2) is 4.79 Å². The summed E-state index contributed by atoms with van der Waals surface area (Å²) in [5.41, 5.74) is -0.160. The van der Waals surface area contributed by atoms with E-state index in [4.69, 9.17) is 9.84 Å². The molecule has 26 heavy (non-hydrogen) atoms. The number of hydrogen-bond acceptors (Lipinski definition) is 5. The zero-order valence-corrected chi connectivity index (χ0v) is 14.3. The van der Waals surface area contributed by atoms with Crippen molar-refractivity contribution in [2.75, 3.05) is 38.3 Å². The van der Waals surface area contributed by atoms with Crippen molar-refractivity contribution in [2.45, 2.75) is 25.1 Å². The summed E-state index contributed by atoms with van der Waals surface area (Å²) < 4.78 is 42.7. The zero-order valence-electron chi connectivity index (χ0n) is 14.3. The summed E-state index contributed by atoms with van der Waals surface area (Å²) in [7, 11) is 1.21. The summed E-state index contributed by atoms with van der Waals surface area (Å²) in [4.78, 5) is 27.4. The lowest BCUT2D eigenvalue weighted by molar-refractivity contribution is -0.153. The summed E-state index contributed by atoms with van der Waals surface area (Å²) in [5, 5.41) is 9.14. The van der Waals surface area contributed by atoms with E-state index in [9.17, 15) is 22.8 Å². The zero-order chi connectivity index (χ0) is 19.3. The molecule has 1 heterocycles. The number of aliphatic hydroxyl groups is 1. The first-order valence-electron chi connectivity index (χ1n) is 8.18. The maximum atomic E-state index is 12.7. The fourth-order valence-corrected chi connectivity index (χ4v) is 2.95. The number of benzene rings is 1. The van der Waals surface area contributed by atoms with Crippen LogP contribution in [0.3, 0.4) is 0 Å². The Morgan fingerprint density at radius 3 is 2.42 bits per heavy atom. The second kappa shape index (κ2) is 8.39. The van der Waals surface area contributed by atoms with Crippen molar-refractivity contribution in [1.82, 2.24) is 4.90 Å². The van der Waals surface area contributed by atoms with E-state index in [1.54, 1.807) is 4.90 Å². The van der Waals surface area contributed by atoms with Crippen LogP contribution in [-0.4, -0.2) is 61.3 Å². The van der Waals surface area contributed by atoms with E-state index in [1.807, 2.05) is 0 Å². The van der Waals surface area contributed by atoms with Crippen molar-refractivity contribution in [3.63, 3.8) is 0 Å². The quantitative estimate of drug-likeness (QED) is 0.794. The van der Waals surface area contributed by atoms with Gasteiger partial charge in [-0.15, -0.1) is 0 Å². The molecule has 2 rings (SSSR count). The highest BCUT2D eigenvalue weighted by Crippen LogP contribution is 2.30. The lowest BCUT2D eigenvalue weighted by atomic mass is 10.1. The number of nitrogens with zero attached hydrogens (tertiary/aromatic N) is 2. The van der Waals surface area contributed by atoms with Crippen molar-refractivity contribution in [3.8, 4) is 0 Å². The maximum Gasteiger partial charge on any atom is 0.416 e. The molecule has 1 saturated heterocycles. The number of ether oxygens (including phenoxy) is 1. The fraction of sp³-hybridized carbons (Fsp3) is 0.529. The number of rotatable bonds is 5. The van der Waals surface area contributed by atoms with Gasteiger partial charge in [0.2, 0.25) is 5.91 Å². The second-order valence-electron chi connectivity index (χ2n) is 5.92. The fourth-order valence-electron chi connectivity index (χ4n) is 2.95. The van der Waals surface area contributed by atoms with Crippen LogP contribution in [0.15, 0.2) is 24.3 Å². The minimum atomic E-state index is -4.40. The van der Waals surface area contributed by atoms with E-state index in [-0.39, 0.29) is 31.9 Å². The molecule has 0 radical (unpaired) electrons. The van der Waals surface area contributed by atoms with Crippen molar-refractivity contribution >= 4 is 17.6 Å². The third kappa shape index (κ3) is 4.66. The lowest BCUT2D eigenvalue weighted by Crippen LogP contribution is -2.47. The number of methoxy groups -OCH3 is 1. The third-order valence-corrected chi connectivity index (χ3v) is 4.34. The minimum absolute atomic E-state index is 0.0681. The van der Waals surface area contributed by atoms with Gasteiger partial charge in [0, 0.05) is 44.8 Å². The van der Waals surface area contributed by atoms with Gasteiger partial charge in [0.25, 0.3) is 0 Å². The van der Waals surface area contributed by atoms with Gasteiger partial charge in [-0.1, -0.05) is 0 Å². The Balaban J connectivity index is 2.13. The van der Waals surface area contributed by atoms with Crippen LogP contribution in [0.25, 0.3) is 0 Å². The maximum absolute atomic E-state index is 12.7. The number of esters is 1. The average Bonchev–Trinajstić information content (AvgIpc) is 2.80. The van der Waals surface area contributed by atoms with E-state index >= 15 is 0 Å². The van der Waals surface area contributed by atoms with Gasteiger partial charge >= 0.3 is 12.1 Å². The van der Waals surface area contributed by atoms with Gasteiger partial charge in [-0.3, -0.25) is 4.79 Å². The summed E-state index contributed by atoms with van der Waals surface area (Å²) in [6.45, 7) is 0.621. The first-order chi connectivity index (χ1) is 12.3. The predicted molar refractivity (Wildman–Crippen MR) is 87.5 cm³/mol. The van der Waals surface area contributed by atoms with Gasteiger partial charge in [0.15, 0.2) is 0 Å². The molecule has 9 heteroatoms. The number of carbonyl (C=O) groups excluding carboxylic acids is 2. The number of hydrogen-bond donors (Lipinski definition) is 1. The number of alkyl halides is 3. The number of aliphatic hydroxyl groups excluding tert-OH is 1. The smallest absolute Gasteiger partial charge is 0.416 e.